The van der Waals surface area contributed by atoms with E-state index in [0.717, 1.165) is 36.3 Å². The topological polar surface area (TPSA) is 192 Å². The Bertz CT molecular complexity index is 1090. The molecule has 2 saturated carbocycles. The molecular formula is C26H39FN3O10P. The minimum atomic E-state index is -4.64. The molecule has 2 aliphatic carbocycles. The van der Waals surface area contributed by atoms with Crippen molar-refractivity contribution in [3.8, 4) is 5.75 Å². The lowest BCUT2D eigenvalue weighted by Crippen LogP contribution is -2.50. The maximum Gasteiger partial charge on any atom is 0.466 e. The Kier molecular flexibility index (Phi) is 10.4. The monoisotopic (exact) mass is 603 g/mol. The van der Waals surface area contributed by atoms with Gasteiger partial charge in [0.2, 0.25) is 11.8 Å². The molecular weight excluding hydrogens is 564 g/mol. The Morgan fingerprint density at radius 2 is 1.46 bits per heavy atom. The molecule has 0 bridgehead atoms. The van der Waals surface area contributed by atoms with Crippen LogP contribution in [0.15, 0.2) is 18.2 Å². The van der Waals surface area contributed by atoms with E-state index < -0.39 is 38.0 Å². The number of rotatable bonds is 7. The molecule has 0 spiro atoms. The SMILES string of the molecule is O=C1C2CC(O)C(O)CC2C(=O)N1CC(O)CN1CCN(c2cc(F)ccc2OC2CCCC2)CC1.O=P(O)(O)O. The second kappa shape index (κ2) is 13.4. The van der Waals surface area contributed by atoms with E-state index in [2.05, 4.69) is 9.80 Å². The molecule has 41 heavy (non-hydrogen) atoms. The number of benzene rings is 1. The number of likely N-dealkylation sites (tertiary alicyclic amines) is 1. The Morgan fingerprint density at radius 3 is 2.00 bits per heavy atom. The molecule has 2 aliphatic heterocycles. The van der Waals surface area contributed by atoms with Crippen molar-refractivity contribution in [2.45, 2.75) is 62.9 Å². The minimum Gasteiger partial charge on any atom is -0.488 e. The number of hydrogen-bond acceptors (Lipinski definition) is 9. The lowest BCUT2D eigenvalue weighted by molar-refractivity contribution is -0.141. The molecule has 1 aromatic rings. The van der Waals surface area contributed by atoms with E-state index in [1.54, 1.807) is 6.07 Å². The van der Waals surface area contributed by atoms with Crippen molar-refractivity contribution in [1.29, 1.82) is 0 Å². The Labute approximate surface area is 237 Å². The van der Waals surface area contributed by atoms with E-state index in [0.29, 0.717) is 38.5 Å². The van der Waals surface area contributed by atoms with Gasteiger partial charge in [-0.25, -0.2) is 8.96 Å². The lowest BCUT2D eigenvalue weighted by atomic mass is 9.78. The number of fused-ring (bicyclic) bond motifs is 1. The molecule has 0 aromatic heterocycles. The molecule has 2 saturated heterocycles. The highest BCUT2D eigenvalue weighted by Crippen LogP contribution is 2.38. The normalized spacial score (nSPS) is 28.4. The molecule has 4 aliphatic rings. The first-order valence-electron chi connectivity index (χ1n) is 13.9. The number of carbonyl (C=O) groups excluding carboxylic acids is 2. The van der Waals surface area contributed by atoms with Gasteiger partial charge in [-0.3, -0.25) is 19.4 Å². The first kappa shape index (κ1) is 31.8. The van der Waals surface area contributed by atoms with Gasteiger partial charge in [0.1, 0.15) is 11.6 Å². The predicted octanol–water partition coefficient (Wildman–Crippen LogP) is -0.182. The molecule has 5 unspecified atom stereocenters. The van der Waals surface area contributed by atoms with E-state index in [4.69, 9.17) is 24.0 Å². The zero-order valence-electron chi connectivity index (χ0n) is 22.7. The number of β-amino-alcohol motifs (C(OH)–C–C–N with tert-alkyl or cyclic N) is 1. The summed E-state index contributed by atoms with van der Waals surface area (Å²) in [5.74, 6) is -1.60. The van der Waals surface area contributed by atoms with E-state index in [1.165, 1.54) is 12.1 Å². The van der Waals surface area contributed by atoms with Gasteiger partial charge < -0.3 is 39.6 Å². The molecule has 5 rings (SSSR count). The molecule has 15 heteroatoms. The third-order valence-electron chi connectivity index (χ3n) is 8.18. The van der Waals surface area contributed by atoms with Crippen LogP contribution in [0.25, 0.3) is 0 Å². The average Bonchev–Trinajstić information content (AvgIpc) is 3.48. The predicted molar refractivity (Wildman–Crippen MR) is 143 cm³/mol. The van der Waals surface area contributed by atoms with Crippen LogP contribution in [0, 0.1) is 17.7 Å². The molecule has 2 heterocycles. The van der Waals surface area contributed by atoms with Crippen molar-refractivity contribution < 1.29 is 53.3 Å². The first-order chi connectivity index (χ1) is 19.3. The highest BCUT2D eigenvalue weighted by atomic mass is 31.2. The summed E-state index contributed by atoms with van der Waals surface area (Å²) in [7, 11) is -4.64. The van der Waals surface area contributed by atoms with Crippen molar-refractivity contribution in [3.63, 3.8) is 0 Å². The Balaban J connectivity index is 0.000000714. The number of nitrogens with zero attached hydrogens (tertiary/aromatic N) is 3. The fourth-order valence-electron chi connectivity index (χ4n) is 6.16. The fraction of sp³-hybridized carbons (Fsp3) is 0.692. The van der Waals surface area contributed by atoms with Gasteiger partial charge in [0.15, 0.2) is 0 Å². The van der Waals surface area contributed by atoms with Crippen molar-refractivity contribution in [2.75, 3.05) is 44.2 Å². The number of imide groups is 1. The molecule has 2 amide bonds. The van der Waals surface area contributed by atoms with Crippen LogP contribution in [-0.4, -0.2) is 115 Å². The van der Waals surface area contributed by atoms with E-state index in [1.807, 2.05) is 0 Å². The number of halogens is 1. The maximum atomic E-state index is 14.1. The second-order valence-corrected chi connectivity index (χ2v) is 12.2. The van der Waals surface area contributed by atoms with Crippen LogP contribution >= 0.6 is 7.82 Å². The zero-order chi connectivity index (χ0) is 29.9. The molecule has 230 valence electrons. The van der Waals surface area contributed by atoms with Gasteiger partial charge in [-0.15, -0.1) is 0 Å². The van der Waals surface area contributed by atoms with Crippen molar-refractivity contribution in [3.05, 3.63) is 24.0 Å². The summed E-state index contributed by atoms with van der Waals surface area (Å²) < 4.78 is 29.1. The highest BCUT2D eigenvalue weighted by Gasteiger charge is 2.52. The van der Waals surface area contributed by atoms with Crippen LogP contribution in [0.4, 0.5) is 10.1 Å². The van der Waals surface area contributed by atoms with Crippen molar-refractivity contribution in [2.24, 2.45) is 11.8 Å². The number of ether oxygens (including phenoxy) is 1. The zero-order valence-corrected chi connectivity index (χ0v) is 23.6. The van der Waals surface area contributed by atoms with Crippen LogP contribution in [0.1, 0.15) is 38.5 Å². The molecule has 6 N–H and O–H groups in total. The number of phosphoric acid groups is 1. The van der Waals surface area contributed by atoms with Crippen molar-refractivity contribution >= 4 is 25.3 Å². The Morgan fingerprint density at radius 1 is 0.927 bits per heavy atom. The summed E-state index contributed by atoms with van der Waals surface area (Å²) in [6, 6.07) is 4.66. The summed E-state index contributed by atoms with van der Waals surface area (Å²) in [4.78, 5) is 52.3. The summed E-state index contributed by atoms with van der Waals surface area (Å²) in [5, 5.41) is 30.5. The number of aliphatic hydroxyl groups is 3. The summed E-state index contributed by atoms with van der Waals surface area (Å²) in [6.45, 7) is 2.77. The van der Waals surface area contributed by atoms with E-state index in [9.17, 15) is 29.3 Å². The van der Waals surface area contributed by atoms with Gasteiger partial charge in [0.05, 0.1) is 48.5 Å². The number of amides is 2. The molecule has 0 radical (unpaired) electrons. The molecule has 1 aromatic carbocycles. The number of carbonyl (C=O) groups is 2. The van der Waals surface area contributed by atoms with Crippen LogP contribution < -0.4 is 9.64 Å². The van der Waals surface area contributed by atoms with Gasteiger partial charge in [0, 0.05) is 38.8 Å². The molecule has 4 fully saturated rings. The van der Waals surface area contributed by atoms with Gasteiger partial charge in [-0.05, 0) is 50.7 Å². The largest absolute Gasteiger partial charge is 0.488 e. The average molecular weight is 604 g/mol. The standard InChI is InChI=1S/C26H36FN3O6.H3O4P/c27-16-5-6-24(36-18-3-1-2-4-18)21(11-16)29-9-7-28(8-10-29)14-17(31)15-30-25(34)19-12-22(32)23(33)13-20(19)26(30)35;1-5(2,3)4/h5-6,11,17-20,22-23,31-33H,1-4,7-10,12-15H2;(H3,1,2,3,4). The fourth-order valence-corrected chi connectivity index (χ4v) is 6.16. The lowest BCUT2D eigenvalue weighted by Gasteiger charge is -2.38. The third kappa shape index (κ3) is 8.45. The summed E-state index contributed by atoms with van der Waals surface area (Å²) in [5.41, 5.74) is 0.752. The smallest absolute Gasteiger partial charge is 0.466 e. The summed E-state index contributed by atoms with van der Waals surface area (Å²) >= 11 is 0. The highest BCUT2D eigenvalue weighted by molar-refractivity contribution is 7.45. The van der Waals surface area contributed by atoms with Crippen LogP contribution in [0.2, 0.25) is 0 Å². The number of piperazine rings is 1. The minimum absolute atomic E-state index is 0.0670. The number of aliphatic hydroxyl groups excluding tert-OH is 3. The molecule has 13 nitrogen and oxygen atoms in total. The van der Waals surface area contributed by atoms with Crippen LogP contribution in [0.5, 0.6) is 5.75 Å². The molecule has 5 atom stereocenters. The maximum absolute atomic E-state index is 14.1. The van der Waals surface area contributed by atoms with Crippen molar-refractivity contribution in [1.82, 2.24) is 9.80 Å². The van der Waals surface area contributed by atoms with Gasteiger partial charge in [0.25, 0.3) is 0 Å². The Hall–Kier alpha value is -2.16. The van der Waals surface area contributed by atoms with E-state index in [-0.39, 0.29) is 43.1 Å². The second-order valence-electron chi connectivity index (χ2n) is 11.2. The van der Waals surface area contributed by atoms with Crippen LogP contribution in [0.3, 0.4) is 0 Å². The third-order valence-corrected chi connectivity index (χ3v) is 8.18. The van der Waals surface area contributed by atoms with Crippen LogP contribution in [-0.2, 0) is 14.2 Å². The van der Waals surface area contributed by atoms with E-state index >= 15 is 0 Å². The van der Waals surface area contributed by atoms with Gasteiger partial charge in [-0.1, -0.05) is 0 Å². The first-order valence-corrected chi connectivity index (χ1v) is 15.5. The quantitative estimate of drug-likeness (QED) is 0.178. The van der Waals surface area contributed by atoms with Gasteiger partial charge in [-0.2, -0.15) is 0 Å². The number of hydrogen-bond donors (Lipinski definition) is 6. The van der Waals surface area contributed by atoms with Gasteiger partial charge >= 0.3 is 7.82 Å². The number of anilines is 1. The summed E-state index contributed by atoms with van der Waals surface area (Å²) in [6.07, 6.45) is 1.74.